The van der Waals surface area contributed by atoms with Crippen LogP contribution in [0.25, 0.3) is 0 Å². The molecule has 4 rings (SSSR count). The molecule has 1 aromatic carbocycles. The molecule has 2 aliphatic rings. The van der Waals surface area contributed by atoms with E-state index in [4.69, 9.17) is 25.8 Å². The fourth-order valence-electron chi connectivity index (χ4n) is 4.02. The van der Waals surface area contributed by atoms with E-state index in [1.54, 1.807) is 13.0 Å². The maximum absolute atomic E-state index is 12.8. The molecule has 2 fully saturated rings. The van der Waals surface area contributed by atoms with E-state index in [0.717, 1.165) is 18.5 Å². The number of esters is 2. The third-order valence-electron chi connectivity index (χ3n) is 5.70. The van der Waals surface area contributed by atoms with Crippen LogP contribution in [0.4, 0.5) is 10.8 Å². The molecule has 3 atom stereocenters. The molecular weight excluding hydrogens is 440 g/mol. The summed E-state index contributed by atoms with van der Waals surface area (Å²) in [5.74, 6) is -1.08. The monoisotopic (exact) mass is 464 g/mol. The molecule has 9 heteroatoms. The smallest absolute Gasteiger partial charge is 0.324 e. The summed E-state index contributed by atoms with van der Waals surface area (Å²) in [6, 6.07) is 7.37. The van der Waals surface area contributed by atoms with Crippen LogP contribution in [-0.2, 0) is 29.4 Å². The molecule has 2 saturated heterocycles. The number of aromatic nitrogens is 1. The third kappa shape index (κ3) is 4.29. The summed E-state index contributed by atoms with van der Waals surface area (Å²) in [4.78, 5) is 30.1. The first-order valence-corrected chi connectivity index (χ1v) is 11.6. The van der Waals surface area contributed by atoms with Crippen LogP contribution in [0.2, 0.25) is 5.02 Å². The van der Waals surface area contributed by atoms with Crippen molar-refractivity contribution in [2.75, 3.05) is 18.5 Å². The Morgan fingerprint density at radius 3 is 2.90 bits per heavy atom. The van der Waals surface area contributed by atoms with Gasteiger partial charge in [-0.3, -0.25) is 9.59 Å². The van der Waals surface area contributed by atoms with Gasteiger partial charge in [-0.2, -0.15) is 0 Å². The van der Waals surface area contributed by atoms with Gasteiger partial charge in [-0.1, -0.05) is 37.1 Å². The van der Waals surface area contributed by atoms with Gasteiger partial charge in [0.1, 0.15) is 6.10 Å². The zero-order valence-corrected chi connectivity index (χ0v) is 19.1. The molecule has 7 nitrogen and oxygen atoms in total. The molecule has 2 aliphatic heterocycles. The number of unbranched alkanes of at least 4 members (excludes halogenated alkanes) is 1. The minimum absolute atomic E-state index is 0.193. The minimum Gasteiger partial charge on any atom is -0.459 e. The summed E-state index contributed by atoms with van der Waals surface area (Å²) in [6.45, 7) is 4.77. The van der Waals surface area contributed by atoms with Crippen molar-refractivity contribution < 1.29 is 23.8 Å². The van der Waals surface area contributed by atoms with E-state index in [2.05, 4.69) is 17.2 Å². The Balaban J connectivity index is 1.46. The van der Waals surface area contributed by atoms with E-state index < -0.39 is 29.1 Å². The van der Waals surface area contributed by atoms with E-state index in [1.165, 1.54) is 11.3 Å². The van der Waals surface area contributed by atoms with Gasteiger partial charge in [0.25, 0.3) is 0 Å². The van der Waals surface area contributed by atoms with Crippen molar-refractivity contribution in [3.63, 3.8) is 0 Å². The van der Waals surface area contributed by atoms with E-state index in [1.807, 2.05) is 23.6 Å². The number of hydrogen-bond donors (Lipinski definition) is 1. The predicted molar refractivity (Wildman–Crippen MR) is 118 cm³/mol. The van der Waals surface area contributed by atoms with E-state index >= 15 is 0 Å². The Kier molecular flexibility index (Phi) is 6.23. The van der Waals surface area contributed by atoms with Gasteiger partial charge in [-0.25, -0.2) is 4.98 Å². The van der Waals surface area contributed by atoms with E-state index in [-0.39, 0.29) is 12.8 Å². The van der Waals surface area contributed by atoms with Crippen molar-refractivity contribution in [2.45, 2.75) is 51.2 Å². The van der Waals surface area contributed by atoms with Crippen LogP contribution >= 0.6 is 22.9 Å². The number of halogens is 1. The van der Waals surface area contributed by atoms with Crippen LogP contribution in [0, 0.1) is 5.41 Å². The number of nitrogens with one attached hydrogen (secondary N) is 1. The number of hydrogen-bond acceptors (Lipinski definition) is 8. The van der Waals surface area contributed by atoms with E-state index in [0.29, 0.717) is 29.1 Å². The lowest BCUT2D eigenvalue weighted by atomic mass is 9.78. The molecule has 0 bridgehead atoms. The number of carbonyl (C=O) groups excluding carboxylic acids is 2. The Labute approximate surface area is 190 Å². The number of cyclic esters (lactones) is 2. The maximum Gasteiger partial charge on any atom is 0.324 e. The number of rotatable bonds is 8. The molecule has 0 radical (unpaired) electrons. The quantitative estimate of drug-likeness (QED) is 0.340. The summed E-state index contributed by atoms with van der Waals surface area (Å²) in [6.07, 6.45) is 1.99. The largest absolute Gasteiger partial charge is 0.459 e. The van der Waals surface area contributed by atoms with Crippen molar-refractivity contribution in [2.24, 2.45) is 5.41 Å². The normalized spacial score (nSPS) is 27.5. The minimum atomic E-state index is -1.30. The van der Waals surface area contributed by atoms with Gasteiger partial charge in [0.05, 0.1) is 23.0 Å². The third-order valence-corrected chi connectivity index (χ3v) is 6.78. The predicted octanol–water partition coefficient (Wildman–Crippen LogP) is 4.82. The summed E-state index contributed by atoms with van der Waals surface area (Å²) in [5.41, 5.74) is -0.980. The highest BCUT2D eigenvalue weighted by Crippen LogP contribution is 2.52. The number of para-hydroxylation sites is 1. The Hall–Kier alpha value is -2.16. The van der Waals surface area contributed by atoms with Gasteiger partial charge in [0, 0.05) is 24.8 Å². The highest BCUT2D eigenvalue weighted by atomic mass is 35.5. The van der Waals surface area contributed by atoms with Gasteiger partial charge in [0.2, 0.25) is 0 Å². The van der Waals surface area contributed by atoms with Crippen molar-refractivity contribution >= 4 is 45.7 Å². The van der Waals surface area contributed by atoms with Crippen molar-refractivity contribution in [3.8, 4) is 0 Å². The van der Waals surface area contributed by atoms with Gasteiger partial charge >= 0.3 is 11.9 Å². The molecule has 166 valence electrons. The maximum atomic E-state index is 12.8. The first-order valence-electron chi connectivity index (χ1n) is 10.4. The molecule has 0 saturated carbocycles. The van der Waals surface area contributed by atoms with Crippen molar-refractivity contribution in [1.82, 2.24) is 4.98 Å². The van der Waals surface area contributed by atoms with Crippen LogP contribution in [0.15, 0.2) is 29.6 Å². The highest BCUT2D eigenvalue weighted by molar-refractivity contribution is 7.13. The second-order valence-electron chi connectivity index (χ2n) is 8.18. The van der Waals surface area contributed by atoms with Crippen LogP contribution in [0.3, 0.4) is 0 Å². The van der Waals surface area contributed by atoms with E-state index in [9.17, 15) is 9.59 Å². The van der Waals surface area contributed by atoms with Crippen LogP contribution in [0.5, 0.6) is 0 Å². The Morgan fingerprint density at radius 2 is 2.13 bits per heavy atom. The van der Waals surface area contributed by atoms with Crippen LogP contribution in [-0.4, -0.2) is 36.2 Å². The Morgan fingerprint density at radius 1 is 1.32 bits per heavy atom. The lowest BCUT2D eigenvalue weighted by Gasteiger charge is -2.20. The first-order chi connectivity index (χ1) is 14.9. The summed E-state index contributed by atoms with van der Waals surface area (Å²) in [5, 5.41) is 6.22. The molecule has 1 N–H and O–H groups in total. The van der Waals surface area contributed by atoms with Gasteiger partial charge < -0.3 is 19.5 Å². The second kappa shape index (κ2) is 8.76. The standard InChI is InChI=1S/C22H25ClN2O5S/c1-3-4-9-28-11-14-10-22(18(26)29-14)13-21(2,30-19(22)27)17-12-31-20(25-17)24-16-8-6-5-7-15(16)23/h5-8,12,14H,3-4,9-11,13H2,1-2H3,(H,24,25)/t14-,21+,22+/m0/s1. The van der Waals surface area contributed by atoms with Crippen LogP contribution < -0.4 is 5.32 Å². The van der Waals surface area contributed by atoms with Crippen molar-refractivity contribution in [1.29, 1.82) is 0 Å². The van der Waals surface area contributed by atoms with Gasteiger partial charge in [-0.15, -0.1) is 11.3 Å². The molecule has 0 amide bonds. The molecule has 31 heavy (non-hydrogen) atoms. The average molecular weight is 465 g/mol. The molecular formula is C22H25ClN2O5S. The topological polar surface area (TPSA) is 86.8 Å². The number of benzene rings is 1. The summed E-state index contributed by atoms with van der Waals surface area (Å²) < 4.78 is 16.8. The lowest BCUT2D eigenvalue weighted by molar-refractivity contribution is -0.160. The highest BCUT2D eigenvalue weighted by Gasteiger charge is 2.65. The number of ether oxygens (including phenoxy) is 3. The number of anilines is 2. The first kappa shape index (κ1) is 22.0. The molecule has 0 aliphatic carbocycles. The van der Waals surface area contributed by atoms with Crippen molar-refractivity contribution in [3.05, 3.63) is 40.4 Å². The Bertz CT molecular complexity index is 982. The molecule has 2 aromatic rings. The fourth-order valence-corrected chi connectivity index (χ4v) is 5.05. The second-order valence-corrected chi connectivity index (χ2v) is 9.45. The molecule has 1 aromatic heterocycles. The van der Waals surface area contributed by atoms with Crippen LogP contribution in [0.1, 0.15) is 45.2 Å². The number of thiazole rings is 1. The fraction of sp³-hybridized carbons (Fsp3) is 0.500. The molecule has 1 spiro atoms. The van der Waals surface area contributed by atoms with Gasteiger partial charge in [-0.05, 0) is 25.5 Å². The number of carbonyl (C=O) groups is 2. The molecule has 0 unspecified atom stereocenters. The lowest BCUT2D eigenvalue weighted by Crippen LogP contribution is -2.32. The zero-order valence-electron chi connectivity index (χ0n) is 17.5. The van der Waals surface area contributed by atoms with Gasteiger partial charge in [0.15, 0.2) is 16.1 Å². The average Bonchev–Trinajstić information content (AvgIpc) is 3.39. The number of nitrogens with zero attached hydrogens (tertiary/aromatic N) is 1. The SMILES string of the molecule is CCCCOC[C@@H]1C[C@@]2(C[C@](C)(c3csc(Nc4ccccc4Cl)n3)OC2=O)C(=O)O1. The summed E-state index contributed by atoms with van der Waals surface area (Å²) in [7, 11) is 0. The summed E-state index contributed by atoms with van der Waals surface area (Å²) >= 11 is 7.58. The molecule has 3 heterocycles. The zero-order chi connectivity index (χ0) is 22.1.